The van der Waals surface area contributed by atoms with Crippen LogP contribution in [0.25, 0.3) is 22.0 Å². The minimum atomic E-state index is -0.443. The van der Waals surface area contributed by atoms with E-state index in [2.05, 4.69) is 43.4 Å². The molecule has 0 bridgehead atoms. The van der Waals surface area contributed by atoms with E-state index < -0.39 is 5.91 Å². The first kappa shape index (κ1) is 26.2. The Morgan fingerprint density at radius 2 is 1.92 bits per heavy atom. The highest BCUT2D eigenvalue weighted by molar-refractivity contribution is 6.32. The van der Waals surface area contributed by atoms with Crippen molar-refractivity contribution in [1.29, 1.82) is 0 Å². The van der Waals surface area contributed by atoms with E-state index in [1.54, 1.807) is 6.07 Å². The highest BCUT2D eigenvalue weighted by atomic mass is 35.5. The summed E-state index contributed by atoms with van der Waals surface area (Å²) in [6.07, 6.45) is 7.12. The average Bonchev–Trinajstić information content (AvgIpc) is 2.89. The Hall–Kier alpha value is -3.41. The highest BCUT2D eigenvalue weighted by Crippen LogP contribution is 2.39. The van der Waals surface area contributed by atoms with Gasteiger partial charge in [-0.2, -0.15) is 0 Å². The molecule has 38 heavy (non-hydrogen) atoms. The van der Waals surface area contributed by atoms with E-state index in [1.165, 1.54) is 30.4 Å². The zero-order valence-electron chi connectivity index (χ0n) is 22.0. The average molecular weight is 528 g/mol. The number of fused-ring (bicyclic) bond motifs is 1. The highest BCUT2D eigenvalue weighted by Gasteiger charge is 2.18. The summed E-state index contributed by atoms with van der Waals surface area (Å²) >= 11 is 6.73. The van der Waals surface area contributed by atoms with Gasteiger partial charge in [-0.3, -0.25) is 9.78 Å². The Morgan fingerprint density at radius 1 is 1.11 bits per heavy atom. The number of aryl methyl sites for hydroxylation is 2. The van der Waals surface area contributed by atoms with Crippen LogP contribution in [0, 0.1) is 13.8 Å². The van der Waals surface area contributed by atoms with Crippen LogP contribution in [0.1, 0.15) is 58.3 Å². The van der Waals surface area contributed by atoms with Crippen LogP contribution in [0.5, 0.6) is 5.75 Å². The number of hydrogen-bond donors (Lipinski definition) is 2. The van der Waals surface area contributed by atoms with Crippen LogP contribution in [-0.2, 0) is 6.42 Å². The third-order valence-corrected chi connectivity index (χ3v) is 7.60. The molecule has 1 fully saturated rings. The molecule has 1 aromatic heterocycles. The molecule has 1 aliphatic heterocycles. The van der Waals surface area contributed by atoms with Crippen molar-refractivity contribution in [2.24, 2.45) is 5.73 Å². The number of aromatic nitrogens is 1. The summed E-state index contributed by atoms with van der Waals surface area (Å²) in [6.45, 7) is 5.92. The molecule has 0 saturated carbocycles. The number of nitrogens with two attached hydrogens (primary N) is 1. The number of nitrogens with one attached hydrogen (secondary N) is 1. The Bertz CT molecular complexity index is 1460. The van der Waals surface area contributed by atoms with Crippen molar-refractivity contribution in [2.45, 2.75) is 52.0 Å². The van der Waals surface area contributed by atoms with Gasteiger partial charge in [-0.25, -0.2) is 0 Å². The lowest BCUT2D eigenvalue weighted by Gasteiger charge is -2.24. The van der Waals surface area contributed by atoms with Gasteiger partial charge in [0, 0.05) is 33.8 Å². The molecule has 2 heterocycles. The molecule has 3 N–H and O–H groups in total. The molecular weight excluding hydrogens is 494 g/mol. The first-order chi connectivity index (χ1) is 18.4. The van der Waals surface area contributed by atoms with Gasteiger partial charge in [0.15, 0.2) is 0 Å². The predicted octanol–water partition coefficient (Wildman–Crippen LogP) is 6.77. The smallest absolute Gasteiger partial charge is 0.248 e. The predicted molar refractivity (Wildman–Crippen MR) is 155 cm³/mol. The van der Waals surface area contributed by atoms with E-state index in [1.807, 2.05) is 30.5 Å². The molecule has 0 spiro atoms. The molecule has 1 saturated heterocycles. The zero-order valence-corrected chi connectivity index (χ0v) is 22.8. The summed E-state index contributed by atoms with van der Waals surface area (Å²) in [5, 5.41) is 5.18. The van der Waals surface area contributed by atoms with Gasteiger partial charge in [-0.05, 0) is 87.0 Å². The number of hydrogen-bond acceptors (Lipinski definition) is 4. The monoisotopic (exact) mass is 527 g/mol. The molecule has 1 amide bonds. The largest absolute Gasteiger partial charge is 0.492 e. The summed E-state index contributed by atoms with van der Waals surface area (Å²) in [5.74, 6) is 0.390. The van der Waals surface area contributed by atoms with Gasteiger partial charge in [0.25, 0.3) is 0 Å². The Balaban J connectivity index is 1.56. The summed E-state index contributed by atoms with van der Waals surface area (Å²) in [5.41, 5.74) is 13.2. The number of halogens is 1. The quantitative estimate of drug-likeness (QED) is 0.265. The fraction of sp³-hybridized carbons (Fsp3) is 0.312. The summed E-state index contributed by atoms with van der Waals surface area (Å²) in [4.78, 5) is 16.5. The molecule has 1 atom stereocenters. The second kappa shape index (κ2) is 11.5. The lowest BCUT2D eigenvalue weighted by molar-refractivity contribution is 0.1000. The number of piperidine rings is 1. The summed E-state index contributed by atoms with van der Waals surface area (Å²) in [7, 11) is 0. The molecule has 5 rings (SSSR count). The second-order valence-corrected chi connectivity index (χ2v) is 10.8. The summed E-state index contributed by atoms with van der Waals surface area (Å²) in [6, 6.07) is 18.4. The maximum atomic E-state index is 11.7. The molecule has 4 aromatic rings. The molecule has 0 aliphatic carbocycles. The molecule has 1 unspecified atom stereocenters. The third kappa shape index (κ3) is 6.01. The van der Waals surface area contributed by atoms with Gasteiger partial charge in [0.2, 0.25) is 5.91 Å². The van der Waals surface area contributed by atoms with E-state index in [0.29, 0.717) is 29.7 Å². The van der Waals surface area contributed by atoms with Crippen LogP contribution in [0.4, 0.5) is 0 Å². The summed E-state index contributed by atoms with van der Waals surface area (Å²) < 4.78 is 6.60. The first-order valence-corrected chi connectivity index (χ1v) is 13.7. The maximum Gasteiger partial charge on any atom is 0.248 e. The third-order valence-electron chi connectivity index (χ3n) is 7.25. The van der Waals surface area contributed by atoms with Gasteiger partial charge >= 0.3 is 0 Å². The molecule has 5 nitrogen and oxygen atoms in total. The number of amides is 1. The van der Waals surface area contributed by atoms with E-state index in [-0.39, 0.29) is 0 Å². The van der Waals surface area contributed by atoms with Gasteiger partial charge in [-0.1, -0.05) is 59.5 Å². The molecule has 0 radical (unpaired) electrons. The topological polar surface area (TPSA) is 77.2 Å². The van der Waals surface area contributed by atoms with Crippen molar-refractivity contribution in [3.8, 4) is 16.9 Å². The van der Waals surface area contributed by atoms with Crippen LogP contribution in [0.3, 0.4) is 0 Å². The van der Waals surface area contributed by atoms with E-state index in [0.717, 1.165) is 51.9 Å². The van der Waals surface area contributed by atoms with E-state index >= 15 is 0 Å². The van der Waals surface area contributed by atoms with Crippen LogP contribution < -0.4 is 15.8 Å². The van der Waals surface area contributed by atoms with E-state index in [9.17, 15) is 4.79 Å². The first-order valence-electron chi connectivity index (χ1n) is 13.3. The number of pyridine rings is 1. The van der Waals surface area contributed by atoms with Gasteiger partial charge < -0.3 is 15.8 Å². The Kier molecular flexibility index (Phi) is 7.96. The molecule has 1 aliphatic rings. The SMILES string of the molecule is Cc1cc(C)cc(-c2cnc3cc(Cl)c(Cc4cccc(C(N)=O)c4)cc3c2OCCC2CCCCN2)c1. The second-order valence-electron chi connectivity index (χ2n) is 10.4. The van der Waals surface area contributed by atoms with Crippen molar-refractivity contribution in [1.82, 2.24) is 10.3 Å². The van der Waals surface area contributed by atoms with Gasteiger partial charge in [0.1, 0.15) is 5.75 Å². The molecule has 6 heteroatoms. The number of carbonyl (C=O) groups is 1. The lowest BCUT2D eigenvalue weighted by atomic mass is 9.97. The number of ether oxygens (including phenoxy) is 1. The van der Waals surface area contributed by atoms with Crippen molar-refractivity contribution < 1.29 is 9.53 Å². The number of nitrogens with zero attached hydrogens (tertiary/aromatic N) is 1. The molecular formula is C32H34ClN3O2. The van der Waals surface area contributed by atoms with Crippen molar-refractivity contribution >= 4 is 28.4 Å². The zero-order chi connectivity index (χ0) is 26.6. The maximum absolute atomic E-state index is 11.7. The van der Waals surface area contributed by atoms with E-state index in [4.69, 9.17) is 27.1 Å². The van der Waals surface area contributed by atoms with Crippen LogP contribution in [0.15, 0.2) is 60.8 Å². The van der Waals surface area contributed by atoms with Crippen LogP contribution in [-0.4, -0.2) is 30.1 Å². The molecule has 3 aromatic carbocycles. The molecule has 196 valence electrons. The van der Waals surface area contributed by atoms with Crippen molar-refractivity contribution in [3.63, 3.8) is 0 Å². The Morgan fingerprint density at radius 3 is 2.66 bits per heavy atom. The van der Waals surface area contributed by atoms with Gasteiger partial charge in [-0.15, -0.1) is 0 Å². The minimum absolute atomic E-state index is 0.443. The number of benzene rings is 3. The minimum Gasteiger partial charge on any atom is -0.492 e. The van der Waals surface area contributed by atoms with Crippen LogP contribution >= 0.6 is 11.6 Å². The number of primary amides is 1. The fourth-order valence-corrected chi connectivity index (χ4v) is 5.61. The van der Waals surface area contributed by atoms with Crippen molar-refractivity contribution in [3.05, 3.63) is 93.6 Å². The normalized spacial score (nSPS) is 15.5. The Labute approximate surface area is 229 Å². The fourth-order valence-electron chi connectivity index (χ4n) is 5.39. The standard InChI is InChI=1S/C32H34ClN3O2/c1-20-12-21(2)14-24(13-20)28-19-36-30-18-29(33)25(16-22-6-5-7-23(15-22)32(34)37)17-27(30)31(28)38-11-9-26-8-3-4-10-35-26/h5-7,12-15,17-19,26,35H,3-4,8-11,16H2,1-2H3,(H2,34,37). The van der Waals surface area contributed by atoms with Gasteiger partial charge in [0.05, 0.1) is 12.1 Å². The lowest BCUT2D eigenvalue weighted by Crippen LogP contribution is -2.35. The van der Waals surface area contributed by atoms with Crippen LogP contribution in [0.2, 0.25) is 5.02 Å². The van der Waals surface area contributed by atoms with Crippen molar-refractivity contribution in [2.75, 3.05) is 13.2 Å². The number of rotatable bonds is 8. The number of carbonyl (C=O) groups excluding carboxylic acids is 1.